The molecular weight excluding hydrogens is 463 g/mol. The van der Waals surface area contributed by atoms with E-state index in [4.69, 9.17) is 11.6 Å². The fraction of sp³-hybridized carbons (Fsp3) is 0.417. The molecule has 1 atom stereocenters. The largest absolute Gasteiger partial charge is 0.348 e. The molecular formula is C12H14ClI2NO. The highest BCUT2D eigenvalue weighted by Crippen LogP contribution is 2.19. The summed E-state index contributed by atoms with van der Waals surface area (Å²) in [7, 11) is 0. The molecule has 1 unspecified atom stereocenters. The van der Waals surface area contributed by atoms with Gasteiger partial charge in [-0.2, -0.15) is 0 Å². The van der Waals surface area contributed by atoms with E-state index in [9.17, 15) is 4.79 Å². The molecule has 0 bridgehead atoms. The summed E-state index contributed by atoms with van der Waals surface area (Å²) in [6, 6.07) is 5.56. The summed E-state index contributed by atoms with van der Waals surface area (Å²) in [4.78, 5) is 12.0. The molecule has 1 aromatic carbocycles. The second kappa shape index (κ2) is 7.13. The zero-order valence-electron chi connectivity index (χ0n) is 9.64. The molecule has 1 amide bonds. The van der Waals surface area contributed by atoms with Gasteiger partial charge in [0.05, 0.1) is 5.02 Å². The highest BCUT2D eigenvalue weighted by atomic mass is 127. The Morgan fingerprint density at radius 2 is 2.12 bits per heavy atom. The van der Waals surface area contributed by atoms with Crippen LogP contribution in [0.25, 0.3) is 0 Å². The fourth-order valence-electron chi connectivity index (χ4n) is 1.27. The minimum absolute atomic E-state index is 0.0568. The number of hydrogen-bond donors (Lipinski definition) is 1. The highest BCUT2D eigenvalue weighted by molar-refractivity contribution is 14.1. The van der Waals surface area contributed by atoms with Crippen molar-refractivity contribution in [3.63, 3.8) is 0 Å². The van der Waals surface area contributed by atoms with Gasteiger partial charge in [-0.25, -0.2) is 0 Å². The molecule has 1 aromatic rings. The first-order chi connectivity index (χ1) is 7.95. The van der Waals surface area contributed by atoms with Crippen molar-refractivity contribution in [1.29, 1.82) is 0 Å². The number of alkyl halides is 1. The molecule has 0 radical (unpaired) electrons. The zero-order valence-corrected chi connectivity index (χ0v) is 14.7. The van der Waals surface area contributed by atoms with Gasteiger partial charge < -0.3 is 5.32 Å². The Balaban J connectivity index is 2.79. The lowest BCUT2D eigenvalue weighted by Crippen LogP contribution is -2.39. The van der Waals surface area contributed by atoms with Crippen molar-refractivity contribution < 1.29 is 4.79 Å². The average Bonchev–Trinajstić information content (AvgIpc) is 2.28. The molecule has 1 rings (SSSR count). The minimum Gasteiger partial charge on any atom is -0.348 e. The normalized spacial score (nSPS) is 12.6. The Hall–Kier alpha value is 0.440. The molecule has 1 N–H and O–H groups in total. The van der Waals surface area contributed by atoms with Crippen LogP contribution in [0.1, 0.15) is 24.2 Å². The van der Waals surface area contributed by atoms with Crippen molar-refractivity contribution in [2.75, 3.05) is 4.43 Å². The van der Waals surface area contributed by atoms with E-state index < -0.39 is 0 Å². The molecule has 0 spiro atoms. The van der Waals surface area contributed by atoms with Crippen LogP contribution in [0.3, 0.4) is 0 Å². The van der Waals surface area contributed by atoms with Crippen molar-refractivity contribution in [3.8, 4) is 0 Å². The summed E-state index contributed by atoms with van der Waals surface area (Å²) in [6.07, 6.45) is 0. The van der Waals surface area contributed by atoms with Gasteiger partial charge in [-0.15, -0.1) is 0 Å². The SMILES string of the molecule is CC(C)C(CI)NC(=O)c1ccc(I)c(Cl)c1. The molecule has 0 saturated heterocycles. The molecule has 0 fully saturated rings. The van der Waals surface area contributed by atoms with Crippen molar-refractivity contribution >= 4 is 62.7 Å². The molecule has 0 saturated carbocycles. The third-order valence-electron chi connectivity index (χ3n) is 2.47. The highest BCUT2D eigenvalue weighted by Gasteiger charge is 2.16. The van der Waals surface area contributed by atoms with Crippen LogP contribution in [0, 0.1) is 9.49 Å². The molecule has 0 heterocycles. The van der Waals surface area contributed by atoms with Gasteiger partial charge in [-0.05, 0) is 46.7 Å². The number of carbonyl (C=O) groups excluding carboxylic acids is 1. The lowest BCUT2D eigenvalue weighted by atomic mass is 10.1. The maximum atomic E-state index is 12.0. The van der Waals surface area contributed by atoms with Gasteiger partial charge >= 0.3 is 0 Å². The van der Waals surface area contributed by atoms with E-state index in [0.29, 0.717) is 16.5 Å². The van der Waals surface area contributed by atoms with Crippen LogP contribution in [-0.4, -0.2) is 16.4 Å². The maximum Gasteiger partial charge on any atom is 0.251 e. The molecule has 94 valence electrons. The molecule has 0 aliphatic heterocycles. The van der Waals surface area contributed by atoms with Gasteiger partial charge in [-0.3, -0.25) is 4.79 Å². The maximum absolute atomic E-state index is 12.0. The summed E-state index contributed by atoms with van der Waals surface area (Å²) >= 11 is 10.4. The Morgan fingerprint density at radius 1 is 1.47 bits per heavy atom. The average molecular weight is 478 g/mol. The monoisotopic (exact) mass is 477 g/mol. The van der Waals surface area contributed by atoms with Crippen molar-refractivity contribution in [1.82, 2.24) is 5.32 Å². The number of nitrogens with one attached hydrogen (secondary N) is 1. The first-order valence-electron chi connectivity index (χ1n) is 5.27. The second-order valence-corrected chi connectivity index (χ2v) is 6.56. The summed E-state index contributed by atoms with van der Waals surface area (Å²) in [6.45, 7) is 4.20. The quantitative estimate of drug-likeness (QED) is 0.513. The summed E-state index contributed by atoms with van der Waals surface area (Å²) in [5.74, 6) is 0.369. The molecule has 2 nitrogen and oxygen atoms in total. The van der Waals surface area contributed by atoms with Crippen LogP contribution in [-0.2, 0) is 0 Å². The van der Waals surface area contributed by atoms with Crippen molar-refractivity contribution in [2.45, 2.75) is 19.9 Å². The summed E-state index contributed by atoms with van der Waals surface area (Å²) in [5, 5.41) is 3.64. The van der Waals surface area contributed by atoms with E-state index in [1.54, 1.807) is 12.1 Å². The molecule has 0 aromatic heterocycles. The van der Waals surface area contributed by atoms with Gasteiger partial charge in [0, 0.05) is 19.6 Å². The van der Waals surface area contributed by atoms with Gasteiger partial charge in [0.1, 0.15) is 0 Å². The lowest BCUT2D eigenvalue weighted by Gasteiger charge is -2.20. The Morgan fingerprint density at radius 3 is 2.59 bits per heavy atom. The van der Waals surface area contributed by atoms with Crippen LogP contribution < -0.4 is 5.32 Å². The Labute approximate surface area is 134 Å². The van der Waals surface area contributed by atoms with Crippen LogP contribution in [0.4, 0.5) is 0 Å². The third-order valence-corrected chi connectivity index (χ3v) is 4.99. The predicted molar refractivity (Wildman–Crippen MR) is 89.1 cm³/mol. The first-order valence-corrected chi connectivity index (χ1v) is 8.25. The Kier molecular flexibility index (Phi) is 6.50. The van der Waals surface area contributed by atoms with E-state index in [1.807, 2.05) is 6.07 Å². The van der Waals surface area contributed by atoms with Crippen LogP contribution >= 0.6 is 56.8 Å². The smallest absolute Gasteiger partial charge is 0.251 e. The molecule has 0 aliphatic rings. The van der Waals surface area contributed by atoms with Gasteiger partial charge in [-0.1, -0.05) is 48.0 Å². The zero-order chi connectivity index (χ0) is 13.0. The molecule has 5 heteroatoms. The van der Waals surface area contributed by atoms with Crippen LogP contribution in [0.15, 0.2) is 18.2 Å². The first kappa shape index (κ1) is 15.5. The van der Waals surface area contributed by atoms with E-state index in [2.05, 4.69) is 64.3 Å². The minimum atomic E-state index is -0.0568. The number of benzene rings is 1. The molecule has 17 heavy (non-hydrogen) atoms. The van der Waals surface area contributed by atoms with Gasteiger partial charge in [0.15, 0.2) is 0 Å². The van der Waals surface area contributed by atoms with Crippen LogP contribution in [0.2, 0.25) is 5.02 Å². The Bertz CT molecular complexity index is 409. The van der Waals surface area contributed by atoms with Crippen molar-refractivity contribution in [3.05, 3.63) is 32.4 Å². The second-order valence-electron chi connectivity index (χ2n) is 4.11. The van der Waals surface area contributed by atoms with E-state index in [1.165, 1.54) is 0 Å². The van der Waals surface area contributed by atoms with Crippen molar-refractivity contribution in [2.24, 2.45) is 5.92 Å². The summed E-state index contributed by atoms with van der Waals surface area (Å²) < 4.78 is 1.86. The number of hydrogen-bond acceptors (Lipinski definition) is 1. The van der Waals surface area contributed by atoms with E-state index >= 15 is 0 Å². The number of rotatable bonds is 4. The predicted octanol–water partition coefficient (Wildman–Crippen LogP) is 4.13. The van der Waals surface area contributed by atoms with Gasteiger partial charge in [0.2, 0.25) is 0 Å². The number of amides is 1. The third kappa shape index (κ3) is 4.55. The lowest BCUT2D eigenvalue weighted by molar-refractivity contribution is 0.0932. The van der Waals surface area contributed by atoms with E-state index in [0.717, 1.165) is 8.00 Å². The fourth-order valence-corrected chi connectivity index (χ4v) is 3.03. The number of carbonyl (C=O) groups is 1. The molecule has 0 aliphatic carbocycles. The topological polar surface area (TPSA) is 29.1 Å². The standard InChI is InChI=1S/C12H14ClI2NO/c1-7(2)11(6-14)16-12(17)8-3-4-10(15)9(13)5-8/h3-5,7,11H,6H2,1-2H3,(H,16,17). The summed E-state index contributed by atoms with van der Waals surface area (Å²) in [5.41, 5.74) is 0.617. The van der Waals surface area contributed by atoms with Gasteiger partial charge in [0.25, 0.3) is 5.91 Å². The van der Waals surface area contributed by atoms with Crippen LogP contribution in [0.5, 0.6) is 0 Å². The number of halogens is 3. The van der Waals surface area contributed by atoms with E-state index in [-0.39, 0.29) is 11.9 Å².